The maximum Gasteiger partial charge on any atom is 0.137 e. The Labute approximate surface area is 124 Å². The van der Waals surface area contributed by atoms with Crippen LogP contribution in [0.1, 0.15) is 17.0 Å². The van der Waals surface area contributed by atoms with Gasteiger partial charge in [-0.2, -0.15) is 0 Å². The molecule has 0 aliphatic carbocycles. The lowest BCUT2D eigenvalue weighted by Gasteiger charge is -2.10. The molecule has 0 radical (unpaired) electrons. The van der Waals surface area contributed by atoms with Crippen LogP contribution in [0.4, 0.5) is 5.69 Å². The summed E-state index contributed by atoms with van der Waals surface area (Å²) >= 11 is 0. The molecule has 0 atom stereocenters. The van der Waals surface area contributed by atoms with Gasteiger partial charge in [0, 0.05) is 30.3 Å². The standard InChI is InChI=1S/C17H19N3O/c1-13-6-5-9-17-19-15(11-20(13)17)10-18-16-8-4-3-7-14(16)12-21-2/h3-9,11,18H,10,12H2,1-2H3. The topological polar surface area (TPSA) is 38.6 Å². The number of hydrogen-bond donors (Lipinski definition) is 1. The molecule has 1 aromatic carbocycles. The van der Waals surface area contributed by atoms with Crippen molar-refractivity contribution >= 4 is 11.3 Å². The number of aromatic nitrogens is 2. The minimum Gasteiger partial charge on any atom is -0.380 e. The summed E-state index contributed by atoms with van der Waals surface area (Å²) in [6.45, 7) is 3.38. The molecule has 0 unspecified atom stereocenters. The van der Waals surface area contributed by atoms with Gasteiger partial charge >= 0.3 is 0 Å². The van der Waals surface area contributed by atoms with E-state index < -0.39 is 0 Å². The van der Waals surface area contributed by atoms with E-state index in [9.17, 15) is 0 Å². The summed E-state index contributed by atoms with van der Waals surface area (Å²) in [6.07, 6.45) is 2.08. The van der Waals surface area contributed by atoms with Crippen molar-refractivity contribution in [3.63, 3.8) is 0 Å². The van der Waals surface area contributed by atoms with Gasteiger partial charge in [0.05, 0.1) is 18.8 Å². The normalized spacial score (nSPS) is 11.0. The molecule has 108 valence electrons. The number of para-hydroxylation sites is 1. The summed E-state index contributed by atoms with van der Waals surface area (Å²) in [5, 5.41) is 3.44. The summed E-state index contributed by atoms with van der Waals surface area (Å²) in [7, 11) is 1.71. The van der Waals surface area contributed by atoms with Gasteiger partial charge in [-0.1, -0.05) is 24.3 Å². The quantitative estimate of drug-likeness (QED) is 0.779. The number of benzene rings is 1. The molecule has 0 bridgehead atoms. The molecule has 0 spiro atoms. The molecule has 0 amide bonds. The first kappa shape index (κ1) is 13.6. The van der Waals surface area contributed by atoms with Crippen LogP contribution in [0.25, 0.3) is 5.65 Å². The second-order valence-corrected chi connectivity index (χ2v) is 5.07. The van der Waals surface area contributed by atoms with Gasteiger partial charge in [-0.05, 0) is 25.1 Å². The number of nitrogens with zero attached hydrogens (tertiary/aromatic N) is 2. The molecule has 2 heterocycles. The lowest BCUT2D eigenvalue weighted by molar-refractivity contribution is 0.185. The average Bonchev–Trinajstić information content (AvgIpc) is 2.91. The van der Waals surface area contributed by atoms with E-state index in [0.29, 0.717) is 13.2 Å². The van der Waals surface area contributed by atoms with Crippen LogP contribution < -0.4 is 5.32 Å². The number of ether oxygens (including phenoxy) is 1. The fourth-order valence-corrected chi connectivity index (χ4v) is 2.44. The summed E-state index contributed by atoms with van der Waals surface area (Å²) in [5.74, 6) is 0. The van der Waals surface area contributed by atoms with E-state index in [1.165, 1.54) is 5.69 Å². The van der Waals surface area contributed by atoms with Crippen molar-refractivity contribution in [2.45, 2.75) is 20.1 Å². The molecular weight excluding hydrogens is 262 g/mol. The monoisotopic (exact) mass is 281 g/mol. The van der Waals surface area contributed by atoms with Gasteiger partial charge in [-0.25, -0.2) is 4.98 Å². The van der Waals surface area contributed by atoms with E-state index in [1.807, 2.05) is 24.3 Å². The Morgan fingerprint density at radius 2 is 2.00 bits per heavy atom. The second kappa shape index (κ2) is 5.97. The number of methoxy groups -OCH3 is 1. The fourth-order valence-electron chi connectivity index (χ4n) is 2.44. The van der Waals surface area contributed by atoms with E-state index >= 15 is 0 Å². The van der Waals surface area contributed by atoms with Crippen molar-refractivity contribution in [2.24, 2.45) is 0 Å². The third-order valence-electron chi connectivity index (χ3n) is 3.52. The molecular formula is C17H19N3O. The second-order valence-electron chi connectivity index (χ2n) is 5.07. The number of pyridine rings is 1. The molecule has 3 rings (SSSR count). The molecule has 0 saturated carbocycles. The van der Waals surface area contributed by atoms with Crippen molar-refractivity contribution in [3.05, 3.63) is 65.6 Å². The molecule has 0 aliphatic rings. The highest BCUT2D eigenvalue weighted by molar-refractivity contribution is 5.51. The predicted octanol–water partition coefficient (Wildman–Crippen LogP) is 3.40. The maximum absolute atomic E-state index is 5.22. The molecule has 21 heavy (non-hydrogen) atoms. The number of hydrogen-bond acceptors (Lipinski definition) is 3. The Bertz CT molecular complexity index is 749. The highest BCUT2D eigenvalue weighted by Gasteiger charge is 2.05. The van der Waals surface area contributed by atoms with E-state index in [2.05, 4.69) is 46.0 Å². The maximum atomic E-state index is 5.22. The SMILES string of the molecule is COCc1ccccc1NCc1cn2c(C)cccc2n1. The first-order chi connectivity index (χ1) is 10.3. The van der Waals surface area contributed by atoms with Crippen LogP contribution in [0.5, 0.6) is 0 Å². The van der Waals surface area contributed by atoms with E-state index in [4.69, 9.17) is 4.74 Å². The Balaban J connectivity index is 1.79. The molecule has 2 aromatic heterocycles. The van der Waals surface area contributed by atoms with E-state index in [-0.39, 0.29) is 0 Å². The number of rotatable bonds is 5. The number of aryl methyl sites for hydroxylation is 1. The largest absolute Gasteiger partial charge is 0.380 e. The Kier molecular flexibility index (Phi) is 3.88. The highest BCUT2D eigenvalue weighted by Crippen LogP contribution is 2.17. The summed E-state index contributed by atoms with van der Waals surface area (Å²) in [5.41, 5.74) is 5.44. The molecule has 0 fully saturated rings. The van der Waals surface area contributed by atoms with Crippen molar-refractivity contribution in [1.82, 2.24) is 9.38 Å². The predicted molar refractivity (Wildman–Crippen MR) is 84.4 cm³/mol. The number of imidazole rings is 1. The first-order valence-corrected chi connectivity index (χ1v) is 7.02. The molecule has 3 aromatic rings. The van der Waals surface area contributed by atoms with Crippen LogP contribution >= 0.6 is 0 Å². The fraction of sp³-hybridized carbons (Fsp3) is 0.235. The van der Waals surface area contributed by atoms with Crippen LogP contribution in [0.15, 0.2) is 48.7 Å². The highest BCUT2D eigenvalue weighted by atomic mass is 16.5. The van der Waals surface area contributed by atoms with Gasteiger partial charge in [0.1, 0.15) is 5.65 Å². The van der Waals surface area contributed by atoms with Crippen molar-refractivity contribution in [1.29, 1.82) is 0 Å². The lowest BCUT2D eigenvalue weighted by atomic mass is 10.2. The molecule has 4 nitrogen and oxygen atoms in total. The van der Waals surface area contributed by atoms with Crippen LogP contribution in [-0.4, -0.2) is 16.5 Å². The van der Waals surface area contributed by atoms with Gasteiger partial charge in [-0.15, -0.1) is 0 Å². The zero-order valence-corrected chi connectivity index (χ0v) is 12.3. The molecule has 0 aliphatic heterocycles. The Morgan fingerprint density at radius 1 is 1.14 bits per heavy atom. The Morgan fingerprint density at radius 3 is 2.81 bits per heavy atom. The minimum atomic E-state index is 0.605. The number of anilines is 1. The summed E-state index contributed by atoms with van der Waals surface area (Å²) < 4.78 is 7.33. The number of fused-ring (bicyclic) bond motifs is 1. The zero-order chi connectivity index (χ0) is 14.7. The van der Waals surface area contributed by atoms with Gasteiger partial charge in [0.15, 0.2) is 0 Å². The minimum absolute atomic E-state index is 0.605. The third-order valence-corrected chi connectivity index (χ3v) is 3.52. The van der Waals surface area contributed by atoms with Crippen molar-refractivity contribution in [3.8, 4) is 0 Å². The first-order valence-electron chi connectivity index (χ1n) is 7.02. The van der Waals surface area contributed by atoms with Crippen LogP contribution in [0, 0.1) is 6.92 Å². The molecule has 0 saturated heterocycles. The van der Waals surface area contributed by atoms with Gasteiger partial charge in [-0.3, -0.25) is 0 Å². The van der Waals surface area contributed by atoms with Crippen molar-refractivity contribution in [2.75, 3.05) is 12.4 Å². The lowest BCUT2D eigenvalue weighted by Crippen LogP contribution is -2.03. The van der Waals surface area contributed by atoms with Gasteiger partial charge in [0.25, 0.3) is 0 Å². The third kappa shape index (κ3) is 2.90. The van der Waals surface area contributed by atoms with Gasteiger partial charge in [0.2, 0.25) is 0 Å². The van der Waals surface area contributed by atoms with Crippen LogP contribution in [-0.2, 0) is 17.9 Å². The van der Waals surface area contributed by atoms with Crippen LogP contribution in [0.3, 0.4) is 0 Å². The smallest absolute Gasteiger partial charge is 0.137 e. The van der Waals surface area contributed by atoms with Crippen LogP contribution in [0.2, 0.25) is 0 Å². The number of nitrogens with one attached hydrogen (secondary N) is 1. The van der Waals surface area contributed by atoms with E-state index in [0.717, 1.165) is 22.6 Å². The Hall–Kier alpha value is -2.33. The summed E-state index contributed by atoms with van der Waals surface area (Å²) in [4.78, 5) is 4.63. The zero-order valence-electron chi connectivity index (χ0n) is 12.3. The molecule has 4 heteroatoms. The average molecular weight is 281 g/mol. The van der Waals surface area contributed by atoms with E-state index in [1.54, 1.807) is 7.11 Å². The van der Waals surface area contributed by atoms with Gasteiger partial charge < -0.3 is 14.5 Å². The summed E-state index contributed by atoms with van der Waals surface area (Å²) in [6, 6.07) is 14.3. The molecule has 1 N–H and O–H groups in total. The van der Waals surface area contributed by atoms with Crippen molar-refractivity contribution < 1.29 is 4.74 Å².